The van der Waals surface area contributed by atoms with Gasteiger partial charge in [-0.05, 0) is 62.4 Å². The Kier molecular flexibility index (Phi) is 8.79. The van der Waals surface area contributed by atoms with Gasteiger partial charge in [0.2, 0.25) is 0 Å². The lowest BCUT2D eigenvalue weighted by molar-refractivity contribution is -0.149. The van der Waals surface area contributed by atoms with Gasteiger partial charge in [-0.15, -0.1) is 0 Å². The highest BCUT2D eigenvalue weighted by molar-refractivity contribution is 8.18. The summed E-state index contributed by atoms with van der Waals surface area (Å²) in [6.07, 6.45) is 1.15. The van der Waals surface area contributed by atoms with Crippen molar-refractivity contribution in [3.63, 3.8) is 0 Å². The van der Waals surface area contributed by atoms with E-state index < -0.39 is 23.7 Å². The molecule has 1 heterocycles. The number of hydrogen-bond acceptors (Lipinski definition) is 8. The smallest absolute Gasteiger partial charge is 0.326 e. The molecule has 0 saturated carbocycles. The normalized spacial score (nSPS) is 14.4. The summed E-state index contributed by atoms with van der Waals surface area (Å²) in [5, 5.41) is 8.95. The maximum atomic E-state index is 12.7. The van der Waals surface area contributed by atoms with Crippen molar-refractivity contribution in [2.75, 3.05) is 13.2 Å². The molecule has 0 unspecified atom stereocenters. The third-order valence-corrected chi connectivity index (χ3v) is 5.86. The molecule has 1 fully saturated rings. The molecule has 35 heavy (non-hydrogen) atoms. The molecule has 2 aromatic carbocycles. The number of carbonyl (C=O) groups is 3. The Hall–Kier alpha value is -3.48. The molecule has 0 aromatic heterocycles. The van der Waals surface area contributed by atoms with Crippen LogP contribution >= 0.6 is 23.4 Å². The van der Waals surface area contributed by atoms with Gasteiger partial charge in [-0.3, -0.25) is 19.3 Å². The van der Waals surface area contributed by atoms with Gasteiger partial charge in [-0.2, -0.15) is 5.26 Å². The van der Waals surface area contributed by atoms with Crippen LogP contribution in [0.1, 0.15) is 37.5 Å². The molecule has 2 aromatic rings. The first-order valence-electron chi connectivity index (χ1n) is 10.8. The second kappa shape index (κ2) is 11.8. The highest BCUT2D eigenvalue weighted by atomic mass is 35.5. The average molecular weight is 515 g/mol. The van der Waals surface area contributed by atoms with Crippen LogP contribution in [0.4, 0.5) is 4.79 Å². The van der Waals surface area contributed by atoms with Gasteiger partial charge in [-0.1, -0.05) is 29.8 Å². The molecule has 0 aliphatic carbocycles. The molecule has 0 radical (unpaired) electrons. The van der Waals surface area contributed by atoms with Crippen molar-refractivity contribution < 1.29 is 28.6 Å². The standard InChI is InChI=1S/C25H23ClN2O6S/c1-4-32-20-10-16(9-19(26)23(20)33-14-18-8-6-5-7-17(18)12-27)11-21-24(30)28(25(31)35-21)13-22(29)34-15(2)3/h5-11,15H,4,13-14H2,1-3H3/b21-11+. The minimum Gasteiger partial charge on any atom is -0.490 e. The maximum Gasteiger partial charge on any atom is 0.326 e. The lowest BCUT2D eigenvalue weighted by atomic mass is 10.1. The molecule has 1 aliphatic heterocycles. The molecule has 182 valence electrons. The first-order valence-corrected chi connectivity index (χ1v) is 11.9. The number of carbonyl (C=O) groups excluding carboxylic acids is 3. The second-order valence-corrected chi connectivity index (χ2v) is 9.03. The van der Waals surface area contributed by atoms with Crippen LogP contribution in [0.25, 0.3) is 6.08 Å². The van der Waals surface area contributed by atoms with Crippen molar-refractivity contribution in [3.05, 3.63) is 63.0 Å². The molecule has 1 saturated heterocycles. The maximum absolute atomic E-state index is 12.7. The molecule has 10 heteroatoms. The van der Waals surface area contributed by atoms with Crippen molar-refractivity contribution in [1.29, 1.82) is 5.26 Å². The third-order valence-electron chi connectivity index (χ3n) is 4.67. The number of nitriles is 1. The summed E-state index contributed by atoms with van der Waals surface area (Å²) >= 11 is 7.20. The van der Waals surface area contributed by atoms with Crippen molar-refractivity contribution >= 4 is 46.6 Å². The topological polar surface area (TPSA) is 106 Å². The van der Waals surface area contributed by atoms with Crippen molar-refractivity contribution in [1.82, 2.24) is 4.90 Å². The lowest BCUT2D eigenvalue weighted by Crippen LogP contribution is -2.35. The van der Waals surface area contributed by atoms with Crippen LogP contribution in [-0.2, 0) is 20.9 Å². The van der Waals surface area contributed by atoms with E-state index in [0.717, 1.165) is 16.7 Å². The first kappa shape index (κ1) is 26.1. The fourth-order valence-corrected chi connectivity index (χ4v) is 4.31. The highest BCUT2D eigenvalue weighted by Gasteiger charge is 2.37. The molecule has 3 rings (SSSR count). The summed E-state index contributed by atoms with van der Waals surface area (Å²) in [5.74, 6) is -0.615. The predicted octanol–water partition coefficient (Wildman–Crippen LogP) is 5.18. The zero-order chi connectivity index (χ0) is 25.5. The van der Waals surface area contributed by atoms with Gasteiger partial charge >= 0.3 is 5.97 Å². The van der Waals surface area contributed by atoms with Crippen LogP contribution in [0.5, 0.6) is 11.5 Å². The van der Waals surface area contributed by atoms with E-state index in [4.69, 9.17) is 25.8 Å². The van der Waals surface area contributed by atoms with Crippen LogP contribution < -0.4 is 9.47 Å². The van der Waals surface area contributed by atoms with Gasteiger partial charge in [0.15, 0.2) is 11.5 Å². The molecule has 1 aliphatic rings. The molecule has 0 spiro atoms. The molecule has 0 bridgehead atoms. The molecule has 0 atom stereocenters. The minimum atomic E-state index is -0.662. The van der Waals surface area contributed by atoms with Crippen molar-refractivity contribution in [3.8, 4) is 17.6 Å². The Morgan fingerprint density at radius 3 is 2.66 bits per heavy atom. The monoisotopic (exact) mass is 514 g/mol. The van der Waals surface area contributed by atoms with E-state index in [1.54, 1.807) is 51.1 Å². The Labute approximate surface area is 212 Å². The number of thioether (sulfide) groups is 1. The molecule has 2 amide bonds. The summed E-state index contributed by atoms with van der Waals surface area (Å²) < 4.78 is 16.6. The number of ether oxygens (including phenoxy) is 3. The summed E-state index contributed by atoms with van der Waals surface area (Å²) in [6, 6.07) is 12.4. The van der Waals surface area contributed by atoms with E-state index in [9.17, 15) is 19.6 Å². The van der Waals surface area contributed by atoms with Gasteiger partial charge in [0, 0.05) is 5.56 Å². The zero-order valence-corrected chi connectivity index (χ0v) is 20.9. The first-order chi connectivity index (χ1) is 16.7. The van der Waals surface area contributed by atoms with E-state index in [1.807, 2.05) is 6.07 Å². The lowest BCUT2D eigenvalue weighted by Gasteiger charge is -2.15. The van der Waals surface area contributed by atoms with Gasteiger partial charge in [0.25, 0.3) is 11.1 Å². The number of rotatable bonds is 9. The average Bonchev–Trinajstić information content (AvgIpc) is 3.05. The number of benzene rings is 2. The molecular formula is C25H23ClN2O6S. The number of nitrogens with zero attached hydrogens (tertiary/aromatic N) is 2. The number of hydrogen-bond donors (Lipinski definition) is 0. The van der Waals surface area contributed by atoms with E-state index in [-0.39, 0.29) is 22.6 Å². The summed E-state index contributed by atoms with van der Waals surface area (Å²) in [7, 11) is 0. The Morgan fingerprint density at radius 1 is 1.23 bits per heavy atom. The predicted molar refractivity (Wildman–Crippen MR) is 132 cm³/mol. The Morgan fingerprint density at radius 2 is 1.97 bits per heavy atom. The number of halogens is 1. The van der Waals surface area contributed by atoms with Crippen LogP contribution in [0.15, 0.2) is 41.3 Å². The largest absolute Gasteiger partial charge is 0.490 e. The van der Waals surface area contributed by atoms with Gasteiger partial charge in [-0.25, -0.2) is 0 Å². The van der Waals surface area contributed by atoms with Gasteiger partial charge < -0.3 is 14.2 Å². The van der Waals surface area contributed by atoms with Crippen LogP contribution in [-0.4, -0.2) is 41.3 Å². The Balaban J connectivity index is 1.83. The van der Waals surface area contributed by atoms with Gasteiger partial charge in [0.1, 0.15) is 13.2 Å². The number of imide groups is 1. The summed E-state index contributed by atoms with van der Waals surface area (Å²) in [5.41, 5.74) is 1.70. The van der Waals surface area contributed by atoms with E-state index in [0.29, 0.717) is 34.8 Å². The van der Waals surface area contributed by atoms with E-state index in [1.165, 1.54) is 6.08 Å². The zero-order valence-electron chi connectivity index (χ0n) is 19.4. The molecule has 0 N–H and O–H groups in total. The molecular weight excluding hydrogens is 492 g/mol. The molecule has 8 nitrogen and oxygen atoms in total. The fraction of sp³-hybridized carbons (Fsp3) is 0.280. The van der Waals surface area contributed by atoms with E-state index in [2.05, 4.69) is 6.07 Å². The van der Waals surface area contributed by atoms with Crippen LogP contribution in [0.2, 0.25) is 5.02 Å². The van der Waals surface area contributed by atoms with Crippen molar-refractivity contribution in [2.24, 2.45) is 0 Å². The van der Waals surface area contributed by atoms with Crippen LogP contribution in [0.3, 0.4) is 0 Å². The minimum absolute atomic E-state index is 0.105. The van der Waals surface area contributed by atoms with E-state index >= 15 is 0 Å². The highest BCUT2D eigenvalue weighted by Crippen LogP contribution is 2.39. The third kappa shape index (κ3) is 6.56. The fourth-order valence-electron chi connectivity index (χ4n) is 3.20. The van der Waals surface area contributed by atoms with Gasteiger partial charge in [0.05, 0.1) is 34.3 Å². The Bertz CT molecular complexity index is 1220. The SMILES string of the molecule is CCOc1cc(/C=C2/SC(=O)N(CC(=O)OC(C)C)C2=O)cc(Cl)c1OCc1ccccc1C#N. The van der Waals surface area contributed by atoms with Crippen molar-refractivity contribution in [2.45, 2.75) is 33.5 Å². The summed E-state index contributed by atoms with van der Waals surface area (Å²) in [6.45, 7) is 5.15. The summed E-state index contributed by atoms with van der Waals surface area (Å²) in [4.78, 5) is 37.9. The number of esters is 1. The number of amides is 2. The van der Waals surface area contributed by atoms with Crippen LogP contribution in [0, 0.1) is 11.3 Å². The second-order valence-electron chi connectivity index (χ2n) is 7.63. The quantitative estimate of drug-likeness (QED) is 0.333.